The third kappa shape index (κ3) is 2.96. The van der Waals surface area contributed by atoms with Crippen LogP contribution in [0.3, 0.4) is 0 Å². The number of allylic oxidation sites excluding steroid dienone is 2. The van der Waals surface area contributed by atoms with E-state index in [-0.39, 0.29) is 0 Å². The van der Waals surface area contributed by atoms with E-state index >= 15 is 0 Å². The summed E-state index contributed by atoms with van der Waals surface area (Å²) in [6.07, 6.45) is 10.6. The monoisotopic (exact) mass is 153 g/mol. The summed E-state index contributed by atoms with van der Waals surface area (Å²) in [7, 11) is 4.29. The first kappa shape index (κ1) is 8.63. The molecule has 0 atom stereocenters. The highest BCUT2D eigenvalue weighted by Gasteiger charge is 2.02. The first-order valence-corrected chi connectivity index (χ1v) is 4.67. The molecule has 0 N–H and O–H groups in total. The molecule has 11 heavy (non-hydrogen) atoms. The summed E-state index contributed by atoms with van der Waals surface area (Å²) >= 11 is 0. The van der Waals surface area contributed by atoms with Gasteiger partial charge in [-0.1, -0.05) is 18.9 Å². The lowest BCUT2D eigenvalue weighted by Crippen LogP contribution is -2.11. The standard InChI is InChI=1S/C10H19N/c1-11(2)10-8-6-4-3-5-7-9-10/h8H,3-7,9H2,1-2H3/b10-8+. The van der Waals surface area contributed by atoms with Gasteiger partial charge in [0.2, 0.25) is 0 Å². The third-order valence-electron chi connectivity index (χ3n) is 2.34. The van der Waals surface area contributed by atoms with Crippen molar-refractivity contribution in [2.24, 2.45) is 0 Å². The maximum atomic E-state index is 2.40. The van der Waals surface area contributed by atoms with Gasteiger partial charge in [-0.05, 0) is 25.7 Å². The van der Waals surface area contributed by atoms with Crippen molar-refractivity contribution in [1.29, 1.82) is 0 Å². The average Bonchev–Trinajstić information content (AvgIpc) is 1.84. The summed E-state index contributed by atoms with van der Waals surface area (Å²) in [6, 6.07) is 0. The lowest BCUT2D eigenvalue weighted by Gasteiger charge is -2.19. The van der Waals surface area contributed by atoms with Gasteiger partial charge in [0.05, 0.1) is 0 Å². The van der Waals surface area contributed by atoms with Crippen molar-refractivity contribution in [3.63, 3.8) is 0 Å². The summed E-state index contributed by atoms with van der Waals surface area (Å²) in [5.74, 6) is 0. The van der Waals surface area contributed by atoms with E-state index in [4.69, 9.17) is 0 Å². The van der Waals surface area contributed by atoms with Gasteiger partial charge in [-0.2, -0.15) is 0 Å². The highest BCUT2D eigenvalue weighted by Crippen LogP contribution is 2.17. The third-order valence-corrected chi connectivity index (χ3v) is 2.34. The predicted octanol–water partition coefficient (Wildman–Crippen LogP) is 2.79. The van der Waals surface area contributed by atoms with Crippen LogP contribution in [0.2, 0.25) is 0 Å². The predicted molar refractivity (Wildman–Crippen MR) is 49.5 cm³/mol. The normalized spacial score (nSPS) is 24.7. The van der Waals surface area contributed by atoms with E-state index in [2.05, 4.69) is 25.1 Å². The molecule has 1 aliphatic carbocycles. The van der Waals surface area contributed by atoms with Crippen LogP contribution in [0.5, 0.6) is 0 Å². The Morgan fingerprint density at radius 3 is 2.55 bits per heavy atom. The van der Waals surface area contributed by atoms with Crippen molar-refractivity contribution >= 4 is 0 Å². The molecule has 0 aromatic heterocycles. The van der Waals surface area contributed by atoms with Gasteiger partial charge in [-0.25, -0.2) is 0 Å². The SMILES string of the molecule is CN(C)/C1=C/CCCCCC1. The molecule has 0 aliphatic heterocycles. The molecule has 1 nitrogen and oxygen atoms in total. The van der Waals surface area contributed by atoms with Gasteiger partial charge in [-0.15, -0.1) is 0 Å². The second-order valence-electron chi connectivity index (χ2n) is 3.54. The molecule has 0 saturated heterocycles. The minimum Gasteiger partial charge on any atom is -0.381 e. The quantitative estimate of drug-likeness (QED) is 0.560. The first-order valence-electron chi connectivity index (χ1n) is 4.67. The number of hydrogen-bond donors (Lipinski definition) is 0. The van der Waals surface area contributed by atoms with E-state index < -0.39 is 0 Å². The van der Waals surface area contributed by atoms with Crippen LogP contribution in [0, 0.1) is 0 Å². The Hall–Kier alpha value is -0.460. The molecule has 0 spiro atoms. The zero-order valence-corrected chi connectivity index (χ0v) is 7.77. The van der Waals surface area contributed by atoms with Crippen molar-refractivity contribution in [3.8, 4) is 0 Å². The highest BCUT2D eigenvalue weighted by atomic mass is 15.1. The second-order valence-corrected chi connectivity index (χ2v) is 3.54. The Balaban J connectivity index is 2.45. The van der Waals surface area contributed by atoms with Crippen LogP contribution in [0.4, 0.5) is 0 Å². The van der Waals surface area contributed by atoms with Crippen molar-refractivity contribution in [1.82, 2.24) is 4.90 Å². The van der Waals surface area contributed by atoms with E-state index in [1.54, 1.807) is 0 Å². The maximum Gasteiger partial charge on any atom is 0.00869 e. The largest absolute Gasteiger partial charge is 0.381 e. The smallest absolute Gasteiger partial charge is 0.00869 e. The highest BCUT2D eigenvalue weighted by molar-refractivity contribution is 5.00. The van der Waals surface area contributed by atoms with Crippen molar-refractivity contribution in [2.75, 3.05) is 14.1 Å². The van der Waals surface area contributed by atoms with E-state index in [0.717, 1.165) is 0 Å². The Labute approximate surface area is 70.1 Å². The molecule has 0 bridgehead atoms. The molecule has 1 heteroatoms. The minimum atomic E-state index is 1.28. The van der Waals surface area contributed by atoms with Crippen molar-refractivity contribution < 1.29 is 0 Å². The summed E-state index contributed by atoms with van der Waals surface area (Å²) in [4.78, 5) is 2.26. The molecule has 64 valence electrons. The minimum absolute atomic E-state index is 1.28. The van der Waals surface area contributed by atoms with Gasteiger partial charge in [-0.3, -0.25) is 0 Å². The summed E-state index contributed by atoms with van der Waals surface area (Å²) in [6.45, 7) is 0. The molecule has 0 radical (unpaired) electrons. The van der Waals surface area contributed by atoms with Gasteiger partial charge < -0.3 is 4.90 Å². The first-order chi connectivity index (χ1) is 5.30. The summed E-state index contributed by atoms with van der Waals surface area (Å²) in [5.41, 5.74) is 1.53. The zero-order chi connectivity index (χ0) is 8.10. The number of rotatable bonds is 1. The zero-order valence-electron chi connectivity index (χ0n) is 7.77. The van der Waals surface area contributed by atoms with Crippen LogP contribution in [0.15, 0.2) is 11.8 Å². The van der Waals surface area contributed by atoms with Crippen LogP contribution in [-0.2, 0) is 0 Å². The molecule has 1 rings (SSSR count). The molecule has 0 heterocycles. The van der Waals surface area contributed by atoms with Crippen molar-refractivity contribution in [3.05, 3.63) is 11.8 Å². The molecular formula is C10H19N. The molecule has 0 aromatic rings. The van der Waals surface area contributed by atoms with Crippen LogP contribution < -0.4 is 0 Å². The van der Waals surface area contributed by atoms with Gasteiger partial charge >= 0.3 is 0 Å². The van der Waals surface area contributed by atoms with Crippen LogP contribution in [0.25, 0.3) is 0 Å². The average molecular weight is 153 g/mol. The van der Waals surface area contributed by atoms with E-state index in [9.17, 15) is 0 Å². The maximum absolute atomic E-state index is 2.40. The topological polar surface area (TPSA) is 3.24 Å². The van der Waals surface area contributed by atoms with Gasteiger partial charge in [0, 0.05) is 19.8 Å². The fourth-order valence-corrected chi connectivity index (χ4v) is 1.58. The number of nitrogens with zero attached hydrogens (tertiary/aromatic N) is 1. The molecule has 1 aliphatic rings. The van der Waals surface area contributed by atoms with E-state index in [1.807, 2.05) is 0 Å². The molecule has 0 saturated carbocycles. The lowest BCUT2D eigenvalue weighted by molar-refractivity contribution is 0.461. The van der Waals surface area contributed by atoms with Crippen LogP contribution in [-0.4, -0.2) is 19.0 Å². The van der Waals surface area contributed by atoms with E-state index in [1.165, 1.54) is 44.2 Å². The molecule has 0 aromatic carbocycles. The van der Waals surface area contributed by atoms with Crippen molar-refractivity contribution in [2.45, 2.75) is 38.5 Å². The van der Waals surface area contributed by atoms with Crippen LogP contribution >= 0.6 is 0 Å². The number of hydrogen-bond acceptors (Lipinski definition) is 1. The Morgan fingerprint density at radius 1 is 1.09 bits per heavy atom. The molecule has 0 fully saturated rings. The fourth-order valence-electron chi connectivity index (χ4n) is 1.58. The molecular weight excluding hydrogens is 134 g/mol. The Bertz CT molecular complexity index is 136. The lowest BCUT2D eigenvalue weighted by atomic mass is 10.0. The summed E-state index contributed by atoms with van der Waals surface area (Å²) < 4.78 is 0. The second kappa shape index (κ2) is 4.42. The molecule has 0 amide bonds. The fraction of sp³-hybridized carbons (Fsp3) is 0.800. The summed E-state index contributed by atoms with van der Waals surface area (Å²) in [5, 5.41) is 0. The van der Waals surface area contributed by atoms with Gasteiger partial charge in [0.25, 0.3) is 0 Å². The Kier molecular flexibility index (Phi) is 3.47. The van der Waals surface area contributed by atoms with Gasteiger partial charge in [0.15, 0.2) is 0 Å². The van der Waals surface area contributed by atoms with Gasteiger partial charge in [0.1, 0.15) is 0 Å². The van der Waals surface area contributed by atoms with Crippen LogP contribution in [0.1, 0.15) is 38.5 Å². The van der Waals surface area contributed by atoms with E-state index in [0.29, 0.717) is 0 Å². The molecule has 0 unspecified atom stereocenters. The Morgan fingerprint density at radius 2 is 1.82 bits per heavy atom.